The van der Waals surface area contributed by atoms with Crippen LogP contribution in [0.5, 0.6) is 0 Å². The predicted molar refractivity (Wildman–Crippen MR) is 92.8 cm³/mol. The molecule has 0 aliphatic heterocycles. The summed E-state index contributed by atoms with van der Waals surface area (Å²) in [7, 11) is 0. The Morgan fingerprint density at radius 3 is 2.25 bits per heavy atom. The highest BCUT2D eigenvalue weighted by Crippen LogP contribution is 2.08. The molecular formula is C18H26N3O3. The Morgan fingerprint density at radius 1 is 1.12 bits per heavy atom. The van der Waals surface area contributed by atoms with Gasteiger partial charge in [-0.15, -0.1) is 0 Å². The molecule has 6 heteroatoms. The van der Waals surface area contributed by atoms with Gasteiger partial charge in [0.2, 0.25) is 18.1 Å². The largest absolute Gasteiger partial charge is 0.344 e. The number of benzene rings is 1. The molecule has 1 aromatic rings. The molecule has 24 heavy (non-hydrogen) atoms. The number of carbonyl (C=O) groups excluding carboxylic acids is 3. The van der Waals surface area contributed by atoms with Crippen LogP contribution in [0.1, 0.15) is 32.8 Å². The summed E-state index contributed by atoms with van der Waals surface area (Å²) < 4.78 is 0. The second-order valence-electron chi connectivity index (χ2n) is 6.03. The lowest BCUT2D eigenvalue weighted by atomic mass is 9.99. The van der Waals surface area contributed by atoms with E-state index in [0.717, 1.165) is 12.0 Å². The normalized spacial score (nSPS) is 15.7. The number of hydrogen-bond donors (Lipinski definition) is 3. The molecule has 131 valence electrons. The van der Waals surface area contributed by atoms with Crippen LogP contribution in [0.2, 0.25) is 0 Å². The van der Waals surface area contributed by atoms with E-state index in [0.29, 0.717) is 6.42 Å². The number of nitrogens with two attached hydrogens (primary N) is 1. The molecule has 0 fully saturated rings. The molecule has 1 aromatic carbocycles. The molecule has 0 spiro atoms. The summed E-state index contributed by atoms with van der Waals surface area (Å²) in [5.41, 5.74) is 6.47. The van der Waals surface area contributed by atoms with Crippen LogP contribution in [-0.2, 0) is 20.8 Å². The van der Waals surface area contributed by atoms with Crippen molar-refractivity contribution in [1.29, 1.82) is 0 Å². The third kappa shape index (κ3) is 6.12. The van der Waals surface area contributed by atoms with E-state index in [-0.39, 0.29) is 5.92 Å². The Hall–Kier alpha value is -2.21. The van der Waals surface area contributed by atoms with E-state index in [1.54, 1.807) is 6.92 Å². The lowest BCUT2D eigenvalue weighted by molar-refractivity contribution is -0.129. The van der Waals surface area contributed by atoms with Crippen molar-refractivity contribution in [2.75, 3.05) is 0 Å². The second kappa shape index (κ2) is 9.82. The van der Waals surface area contributed by atoms with Gasteiger partial charge in [0.1, 0.15) is 6.04 Å². The standard InChI is InChI=1S/C18H26N3O3/c1-4-12(2)16(11-22)21-18(24)15(20-17(23)13(3)19)10-14-8-6-5-7-9-14/h5-9,12-13,15-16H,4,10,19H2,1-3H3,(H,20,23)(H,21,24)/t12-,13-,15-,16+/m0/s1. The van der Waals surface area contributed by atoms with Gasteiger partial charge in [-0.2, -0.15) is 0 Å². The van der Waals surface area contributed by atoms with Gasteiger partial charge in [0, 0.05) is 6.42 Å². The van der Waals surface area contributed by atoms with Crippen LogP contribution >= 0.6 is 0 Å². The minimum Gasteiger partial charge on any atom is -0.344 e. The lowest BCUT2D eigenvalue weighted by Crippen LogP contribution is -2.54. The molecule has 1 rings (SSSR count). The van der Waals surface area contributed by atoms with Crippen molar-refractivity contribution >= 4 is 18.1 Å². The monoisotopic (exact) mass is 332 g/mol. The maximum absolute atomic E-state index is 12.5. The SMILES string of the molecule is CC[C@H](C)[C@@H]([C]=O)NC(=O)[C@H](Cc1ccccc1)NC(=O)[C@H](C)N. The van der Waals surface area contributed by atoms with Crippen LogP contribution in [0.25, 0.3) is 0 Å². The van der Waals surface area contributed by atoms with E-state index in [4.69, 9.17) is 5.73 Å². The first-order valence-corrected chi connectivity index (χ1v) is 8.16. The molecule has 2 amide bonds. The first-order valence-electron chi connectivity index (χ1n) is 8.16. The Balaban J connectivity index is 2.88. The molecule has 0 saturated heterocycles. The van der Waals surface area contributed by atoms with Crippen molar-refractivity contribution in [3.05, 3.63) is 35.9 Å². The molecule has 6 nitrogen and oxygen atoms in total. The van der Waals surface area contributed by atoms with E-state index in [1.165, 1.54) is 0 Å². The molecule has 4 N–H and O–H groups in total. The first-order chi connectivity index (χ1) is 11.4. The molecule has 0 saturated carbocycles. The number of amides is 2. The Morgan fingerprint density at radius 2 is 1.75 bits per heavy atom. The van der Waals surface area contributed by atoms with Gasteiger partial charge >= 0.3 is 0 Å². The topological polar surface area (TPSA) is 101 Å². The maximum Gasteiger partial charge on any atom is 0.243 e. The van der Waals surface area contributed by atoms with Gasteiger partial charge in [0.25, 0.3) is 0 Å². The fourth-order valence-corrected chi connectivity index (χ4v) is 2.14. The van der Waals surface area contributed by atoms with Gasteiger partial charge in [0.05, 0.1) is 12.1 Å². The lowest BCUT2D eigenvalue weighted by Gasteiger charge is -2.24. The Labute approximate surface area is 143 Å². The molecule has 0 unspecified atom stereocenters. The highest BCUT2D eigenvalue weighted by atomic mass is 16.2. The van der Waals surface area contributed by atoms with Gasteiger partial charge in [-0.05, 0) is 18.4 Å². The third-order valence-corrected chi connectivity index (χ3v) is 3.97. The zero-order valence-electron chi connectivity index (χ0n) is 14.4. The summed E-state index contributed by atoms with van der Waals surface area (Å²) in [6.07, 6.45) is 2.91. The van der Waals surface area contributed by atoms with Gasteiger partial charge in [-0.25, -0.2) is 0 Å². The van der Waals surface area contributed by atoms with E-state index in [9.17, 15) is 14.4 Å². The number of nitrogens with one attached hydrogen (secondary N) is 2. The van der Waals surface area contributed by atoms with Crippen LogP contribution in [-0.4, -0.2) is 36.2 Å². The van der Waals surface area contributed by atoms with E-state index in [1.807, 2.05) is 50.5 Å². The van der Waals surface area contributed by atoms with Crippen LogP contribution in [0.3, 0.4) is 0 Å². The van der Waals surface area contributed by atoms with Crippen LogP contribution in [0.4, 0.5) is 0 Å². The molecule has 4 atom stereocenters. The van der Waals surface area contributed by atoms with Gasteiger partial charge in [-0.1, -0.05) is 50.6 Å². The zero-order valence-corrected chi connectivity index (χ0v) is 14.4. The molecule has 0 aliphatic rings. The van der Waals surface area contributed by atoms with Crippen LogP contribution < -0.4 is 16.4 Å². The van der Waals surface area contributed by atoms with Crippen molar-refractivity contribution in [3.63, 3.8) is 0 Å². The highest BCUT2D eigenvalue weighted by Gasteiger charge is 2.26. The summed E-state index contributed by atoms with van der Waals surface area (Å²) >= 11 is 0. The average molecular weight is 332 g/mol. The van der Waals surface area contributed by atoms with E-state index < -0.39 is 29.9 Å². The van der Waals surface area contributed by atoms with Crippen molar-refractivity contribution < 1.29 is 14.4 Å². The number of rotatable bonds is 9. The minimum absolute atomic E-state index is 0.0343. The minimum atomic E-state index is -0.800. The van der Waals surface area contributed by atoms with Crippen LogP contribution in [0, 0.1) is 5.92 Å². The van der Waals surface area contributed by atoms with E-state index >= 15 is 0 Å². The average Bonchev–Trinajstić information content (AvgIpc) is 2.58. The third-order valence-electron chi connectivity index (χ3n) is 3.97. The van der Waals surface area contributed by atoms with Gasteiger partial charge < -0.3 is 16.4 Å². The van der Waals surface area contributed by atoms with Gasteiger partial charge in [-0.3, -0.25) is 14.4 Å². The molecule has 0 heterocycles. The first kappa shape index (κ1) is 19.8. The van der Waals surface area contributed by atoms with Crippen LogP contribution in [0.15, 0.2) is 30.3 Å². The number of carbonyl (C=O) groups is 2. The van der Waals surface area contributed by atoms with Crippen molar-refractivity contribution in [2.24, 2.45) is 11.7 Å². The van der Waals surface area contributed by atoms with Gasteiger partial charge in [0.15, 0.2) is 0 Å². The summed E-state index contributed by atoms with van der Waals surface area (Å²) in [5.74, 6) is -0.865. The van der Waals surface area contributed by atoms with Crippen molar-refractivity contribution in [3.8, 4) is 0 Å². The van der Waals surface area contributed by atoms with E-state index in [2.05, 4.69) is 10.6 Å². The van der Waals surface area contributed by atoms with Crippen molar-refractivity contribution in [2.45, 2.75) is 51.7 Å². The molecule has 0 aliphatic carbocycles. The maximum atomic E-state index is 12.5. The second-order valence-corrected chi connectivity index (χ2v) is 6.03. The summed E-state index contributed by atoms with van der Waals surface area (Å²) in [6.45, 7) is 5.34. The fourth-order valence-electron chi connectivity index (χ4n) is 2.14. The quantitative estimate of drug-likeness (QED) is 0.619. The molecule has 0 bridgehead atoms. The summed E-state index contributed by atoms with van der Waals surface area (Å²) in [5, 5.41) is 5.31. The molecular weight excluding hydrogens is 306 g/mol. The zero-order chi connectivity index (χ0) is 18.1. The molecule has 1 radical (unpaired) electrons. The Bertz CT molecular complexity index is 546. The summed E-state index contributed by atoms with van der Waals surface area (Å²) in [6, 6.07) is 7.11. The van der Waals surface area contributed by atoms with Crippen molar-refractivity contribution in [1.82, 2.24) is 10.6 Å². The summed E-state index contributed by atoms with van der Waals surface area (Å²) in [4.78, 5) is 35.6. The predicted octanol–water partition coefficient (Wildman–Crippen LogP) is 0.702. The Kier molecular flexibility index (Phi) is 8.12. The fraction of sp³-hybridized carbons (Fsp3) is 0.500. The highest BCUT2D eigenvalue weighted by molar-refractivity contribution is 5.90. The smallest absolute Gasteiger partial charge is 0.243 e. The molecule has 0 aromatic heterocycles. The number of hydrogen-bond acceptors (Lipinski definition) is 4.